The highest BCUT2D eigenvalue weighted by Crippen LogP contribution is 2.31. The van der Waals surface area contributed by atoms with Crippen LogP contribution in [0.4, 0.5) is 10.5 Å². The average Bonchev–Trinajstić information content (AvgIpc) is 2.79. The van der Waals surface area contributed by atoms with Gasteiger partial charge in [-0.05, 0) is 55.0 Å². The number of ether oxygens (including phenoxy) is 1. The number of hydrogen-bond acceptors (Lipinski definition) is 4. The zero-order valence-corrected chi connectivity index (χ0v) is 20.0. The molecule has 0 aliphatic carbocycles. The Morgan fingerprint density at radius 2 is 1.65 bits per heavy atom. The van der Waals surface area contributed by atoms with E-state index in [1.165, 1.54) is 12.1 Å². The number of imide groups is 2. The second-order valence-electron chi connectivity index (χ2n) is 7.45. The van der Waals surface area contributed by atoms with Crippen LogP contribution in [0.3, 0.4) is 0 Å². The summed E-state index contributed by atoms with van der Waals surface area (Å²) >= 11 is 18.4. The predicted octanol–water partition coefficient (Wildman–Crippen LogP) is 6.20. The summed E-state index contributed by atoms with van der Waals surface area (Å²) in [4.78, 5) is 39.3. The number of rotatable bonds is 5. The van der Waals surface area contributed by atoms with Crippen LogP contribution in [0.1, 0.15) is 16.7 Å². The van der Waals surface area contributed by atoms with Crippen molar-refractivity contribution in [3.8, 4) is 5.75 Å². The molecule has 0 spiro atoms. The van der Waals surface area contributed by atoms with Crippen molar-refractivity contribution in [2.75, 3.05) is 4.90 Å². The van der Waals surface area contributed by atoms with Crippen molar-refractivity contribution < 1.29 is 19.1 Å². The summed E-state index contributed by atoms with van der Waals surface area (Å²) in [5.41, 5.74) is 1.79. The van der Waals surface area contributed by atoms with E-state index >= 15 is 0 Å². The third-order valence-electron chi connectivity index (χ3n) is 5.13. The fourth-order valence-electron chi connectivity index (χ4n) is 3.39. The first-order valence-corrected chi connectivity index (χ1v) is 11.2. The van der Waals surface area contributed by atoms with E-state index in [1.807, 2.05) is 18.2 Å². The molecule has 4 rings (SSSR count). The molecule has 0 saturated carbocycles. The molecule has 0 radical (unpaired) electrons. The smallest absolute Gasteiger partial charge is 0.335 e. The van der Waals surface area contributed by atoms with Crippen LogP contribution in [-0.2, 0) is 16.2 Å². The van der Waals surface area contributed by atoms with Gasteiger partial charge >= 0.3 is 6.03 Å². The van der Waals surface area contributed by atoms with Crippen LogP contribution in [0.25, 0.3) is 6.08 Å². The standard InChI is InChI=1S/C25H17Cl3N2O4/c1-14-6-7-18(27)12-21(14)30-24(32)19(23(31)29-25(30)33)11-16-10-17(26)8-9-22(16)34-13-15-4-2-3-5-20(15)28/h2-12H,13H2,1H3,(H,29,31,33)/b19-11+. The number of halogens is 3. The summed E-state index contributed by atoms with van der Waals surface area (Å²) in [5.74, 6) is -1.25. The third-order valence-corrected chi connectivity index (χ3v) is 5.97. The molecule has 3 aromatic rings. The van der Waals surface area contributed by atoms with E-state index in [9.17, 15) is 14.4 Å². The van der Waals surface area contributed by atoms with Gasteiger partial charge < -0.3 is 4.74 Å². The van der Waals surface area contributed by atoms with Gasteiger partial charge in [-0.15, -0.1) is 0 Å². The maximum Gasteiger partial charge on any atom is 0.335 e. The summed E-state index contributed by atoms with van der Waals surface area (Å²) in [6.07, 6.45) is 1.34. The van der Waals surface area contributed by atoms with Crippen LogP contribution in [0.15, 0.2) is 66.2 Å². The first-order chi connectivity index (χ1) is 16.2. The summed E-state index contributed by atoms with van der Waals surface area (Å²) in [6, 6.07) is 16.0. The van der Waals surface area contributed by atoms with Gasteiger partial charge in [-0.25, -0.2) is 9.69 Å². The molecule has 1 aliphatic rings. The number of urea groups is 1. The molecule has 1 heterocycles. The second kappa shape index (κ2) is 9.89. The van der Waals surface area contributed by atoms with Crippen LogP contribution < -0.4 is 15.0 Å². The Labute approximate surface area is 210 Å². The minimum Gasteiger partial charge on any atom is -0.488 e. The van der Waals surface area contributed by atoms with Crippen molar-refractivity contribution in [3.05, 3.63) is 98.0 Å². The number of anilines is 1. The molecule has 34 heavy (non-hydrogen) atoms. The van der Waals surface area contributed by atoms with Gasteiger partial charge in [-0.2, -0.15) is 0 Å². The molecule has 0 aromatic heterocycles. The largest absolute Gasteiger partial charge is 0.488 e. The monoisotopic (exact) mass is 514 g/mol. The maximum atomic E-state index is 13.3. The van der Waals surface area contributed by atoms with Crippen molar-refractivity contribution in [2.24, 2.45) is 0 Å². The number of nitrogens with one attached hydrogen (secondary N) is 1. The molecule has 1 N–H and O–H groups in total. The zero-order valence-electron chi connectivity index (χ0n) is 17.8. The number of amides is 4. The van der Waals surface area contributed by atoms with Gasteiger partial charge in [-0.1, -0.05) is 59.1 Å². The summed E-state index contributed by atoms with van der Waals surface area (Å²) in [5, 5.41) is 3.46. The lowest BCUT2D eigenvalue weighted by atomic mass is 10.0. The predicted molar refractivity (Wildman–Crippen MR) is 132 cm³/mol. The minimum atomic E-state index is -0.862. The highest BCUT2D eigenvalue weighted by atomic mass is 35.5. The lowest BCUT2D eigenvalue weighted by Crippen LogP contribution is -2.54. The molecule has 1 aliphatic heterocycles. The van der Waals surface area contributed by atoms with Gasteiger partial charge in [0.1, 0.15) is 17.9 Å². The van der Waals surface area contributed by atoms with Crippen molar-refractivity contribution in [1.29, 1.82) is 0 Å². The molecule has 0 atom stereocenters. The van der Waals surface area contributed by atoms with E-state index in [2.05, 4.69) is 5.32 Å². The van der Waals surface area contributed by atoms with E-state index < -0.39 is 17.8 Å². The third kappa shape index (κ3) is 4.94. The Morgan fingerprint density at radius 1 is 0.941 bits per heavy atom. The molecular weight excluding hydrogens is 499 g/mol. The van der Waals surface area contributed by atoms with Crippen LogP contribution in [0.2, 0.25) is 15.1 Å². The van der Waals surface area contributed by atoms with E-state index in [-0.39, 0.29) is 17.9 Å². The second-order valence-corrected chi connectivity index (χ2v) is 8.73. The van der Waals surface area contributed by atoms with E-state index in [0.717, 1.165) is 10.5 Å². The summed E-state index contributed by atoms with van der Waals surface area (Å²) in [6.45, 7) is 1.88. The first kappa shape index (κ1) is 23.8. The highest BCUT2D eigenvalue weighted by Gasteiger charge is 2.37. The molecule has 6 nitrogen and oxygen atoms in total. The Bertz CT molecular complexity index is 1350. The lowest BCUT2D eigenvalue weighted by molar-refractivity contribution is -0.122. The molecule has 0 bridgehead atoms. The first-order valence-electron chi connectivity index (χ1n) is 10.1. The number of benzene rings is 3. The zero-order chi connectivity index (χ0) is 24.4. The van der Waals surface area contributed by atoms with Crippen molar-refractivity contribution >= 4 is 64.4 Å². The quantitative estimate of drug-likeness (QED) is 0.324. The molecule has 0 unspecified atom stereocenters. The van der Waals surface area contributed by atoms with E-state index in [0.29, 0.717) is 31.9 Å². The summed E-state index contributed by atoms with van der Waals surface area (Å²) in [7, 11) is 0. The number of barbiturate groups is 1. The SMILES string of the molecule is Cc1ccc(Cl)cc1N1C(=O)NC(=O)/C(=C\c2cc(Cl)ccc2OCc2ccccc2Cl)C1=O. The maximum absolute atomic E-state index is 13.3. The number of carbonyl (C=O) groups is 3. The van der Waals surface area contributed by atoms with E-state index in [4.69, 9.17) is 39.5 Å². The molecule has 1 saturated heterocycles. The van der Waals surface area contributed by atoms with Gasteiger partial charge in [0.25, 0.3) is 11.8 Å². The molecule has 4 amide bonds. The Balaban J connectivity index is 1.71. The number of carbonyl (C=O) groups excluding carboxylic acids is 3. The lowest BCUT2D eigenvalue weighted by Gasteiger charge is -2.27. The topological polar surface area (TPSA) is 75.7 Å². The van der Waals surface area contributed by atoms with Gasteiger partial charge in [0.15, 0.2) is 0 Å². The van der Waals surface area contributed by atoms with Gasteiger partial charge in [0.2, 0.25) is 0 Å². The van der Waals surface area contributed by atoms with E-state index in [1.54, 1.807) is 43.3 Å². The molecular formula is C25H17Cl3N2O4. The van der Waals surface area contributed by atoms with Gasteiger partial charge in [0, 0.05) is 26.2 Å². The van der Waals surface area contributed by atoms with Crippen LogP contribution in [0.5, 0.6) is 5.75 Å². The molecule has 3 aromatic carbocycles. The Morgan fingerprint density at radius 3 is 2.41 bits per heavy atom. The molecule has 1 fully saturated rings. The van der Waals surface area contributed by atoms with Crippen LogP contribution >= 0.6 is 34.8 Å². The van der Waals surface area contributed by atoms with Crippen LogP contribution in [-0.4, -0.2) is 17.8 Å². The number of nitrogens with zero attached hydrogens (tertiary/aromatic N) is 1. The summed E-state index contributed by atoms with van der Waals surface area (Å²) < 4.78 is 5.91. The number of hydrogen-bond donors (Lipinski definition) is 1. The van der Waals surface area contributed by atoms with Gasteiger partial charge in [-0.3, -0.25) is 14.9 Å². The minimum absolute atomic E-state index is 0.157. The van der Waals surface area contributed by atoms with Crippen molar-refractivity contribution in [1.82, 2.24) is 5.32 Å². The van der Waals surface area contributed by atoms with Crippen molar-refractivity contribution in [2.45, 2.75) is 13.5 Å². The van der Waals surface area contributed by atoms with Gasteiger partial charge in [0.05, 0.1) is 5.69 Å². The Hall–Kier alpha value is -3.32. The van der Waals surface area contributed by atoms with Crippen molar-refractivity contribution in [3.63, 3.8) is 0 Å². The fourth-order valence-corrected chi connectivity index (χ4v) is 3.93. The normalized spacial score (nSPS) is 15.0. The number of aryl methyl sites for hydroxylation is 1. The van der Waals surface area contributed by atoms with Crippen LogP contribution in [0, 0.1) is 6.92 Å². The molecule has 9 heteroatoms. The average molecular weight is 516 g/mol. The molecule has 172 valence electrons. The highest BCUT2D eigenvalue weighted by molar-refractivity contribution is 6.40. The fraction of sp³-hybridized carbons (Fsp3) is 0.0800. The Kier molecular flexibility index (Phi) is 6.93.